The van der Waals surface area contributed by atoms with Gasteiger partial charge in [-0.2, -0.15) is 0 Å². The quantitative estimate of drug-likeness (QED) is 0.879. The van der Waals surface area contributed by atoms with Crippen LogP contribution in [0.25, 0.3) is 0 Å². The molecule has 0 saturated carbocycles. The number of rotatable bonds is 3. The zero-order chi connectivity index (χ0) is 13.1. The van der Waals surface area contributed by atoms with E-state index < -0.39 is 0 Å². The predicted octanol–water partition coefficient (Wildman–Crippen LogP) is 4.10. The molecule has 0 heterocycles. The third-order valence-corrected chi connectivity index (χ3v) is 3.21. The summed E-state index contributed by atoms with van der Waals surface area (Å²) in [6.45, 7) is 2.03. The minimum atomic E-state index is -0.289. The SMILES string of the molecule is CNC(c1ccc(C)cc1)c1ccc(Cl)cc1F. The Balaban J connectivity index is 2.41. The molecule has 2 rings (SSSR count). The summed E-state index contributed by atoms with van der Waals surface area (Å²) in [5.41, 5.74) is 2.82. The molecule has 1 nitrogen and oxygen atoms in total. The van der Waals surface area contributed by atoms with Crippen LogP contribution in [0.5, 0.6) is 0 Å². The van der Waals surface area contributed by atoms with Gasteiger partial charge < -0.3 is 5.32 Å². The first kappa shape index (κ1) is 13.1. The summed E-state index contributed by atoms with van der Waals surface area (Å²) in [7, 11) is 1.82. The number of halogens is 2. The van der Waals surface area contributed by atoms with Crippen molar-refractivity contribution in [2.45, 2.75) is 13.0 Å². The largest absolute Gasteiger partial charge is 0.309 e. The van der Waals surface area contributed by atoms with Crippen LogP contribution in [0.1, 0.15) is 22.7 Å². The van der Waals surface area contributed by atoms with E-state index in [9.17, 15) is 4.39 Å². The topological polar surface area (TPSA) is 12.0 Å². The van der Waals surface area contributed by atoms with Crippen molar-refractivity contribution in [3.05, 3.63) is 70.0 Å². The fourth-order valence-corrected chi connectivity index (χ4v) is 2.16. The maximum Gasteiger partial charge on any atom is 0.129 e. The molecule has 1 N–H and O–H groups in total. The lowest BCUT2D eigenvalue weighted by molar-refractivity contribution is 0.576. The van der Waals surface area contributed by atoms with E-state index in [2.05, 4.69) is 5.32 Å². The average molecular weight is 264 g/mol. The summed E-state index contributed by atoms with van der Waals surface area (Å²) >= 11 is 5.77. The Morgan fingerprint density at radius 2 is 1.78 bits per heavy atom. The molecule has 0 aliphatic rings. The first-order valence-electron chi connectivity index (χ1n) is 5.80. The lowest BCUT2D eigenvalue weighted by Crippen LogP contribution is -2.18. The molecule has 0 saturated heterocycles. The Bertz CT molecular complexity index is 537. The van der Waals surface area contributed by atoms with E-state index in [-0.39, 0.29) is 11.9 Å². The van der Waals surface area contributed by atoms with Gasteiger partial charge in [-0.15, -0.1) is 0 Å². The smallest absolute Gasteiger partial charge is 0.129 e. The van der Waals surface area contributed by atoms with E-state index in [1.54, 1.807) is 12.1 Å². The normalized spacial score (nSPS) is 12.4. The summed E-state index contributed by atoms with van der Waals surface area (Å²) < 4.78 is 13.9. The van der Waals surface area contributed by atoms with Crippen molar-refractivity contribution in [3.8, 4) is 0 Å². The van der Waals surface area contributed by atoms with E-state index in [0.717, 1.165) is 5.56 Å². The highest BCUT2D eigenvalue weighted by molar-refractivity contribution is 6.30. The van der Waals surface area contributed by atoms with Crippen molar-refractivity contribution in [2.75, 3.05) is 7.05 Å². The van der Waals surface area contributed by atoms with Crippen molar-refractivity contribution in [3.63, 3.8) is 0 Å². The van der Waals surface area contributed by atoms with E-state index in [4.69, 9.17) is 11.6 Å². The van der Waals surface area contributed by atoms with Gasteiger partial charge in [-0.05, 0) is 31.7 Å². The molecule has 94 valence electrons. The number of hydrogen-bond donors (Lipinski definition) is 1. The number of aryl methyl sites for hydroxylation is 1. The maximum atomic E-state index is 13.9. The third-order valence-electron chi connectivity index (χ3n) is 2.97. The summed E-state index contributed by atoms with van der Waals surface area (Å²) in [4.78, 5) is 0. The number of hydrogen-bond acceptors (Lipinski definition) is 1. The Morgan fingerprint density at radius 1 is 1.11 bits per heavy atom. The zero-order valence-electron chi connectivity index (χ0n) is 10.4. The van der Waals surface area contributed by atoms with E-state index in [1.807, 2.05) is 38.2 Å². The molecule has 1 atom stereocenters. The summed E-state index contributed by atoms with van der Waals surface area (Å²) in [5, 5.41) is 3.54. The van der Waals surface area contributed by atoms with Crippen LogP contribution in [0.3, 0.4) is 0 Å². The van der Waals surface area contributed by atoms with Crippen molar-refractivity contribution in [2.24, 2.45) is 0 Å². The van der Waals surface area contributed by atoms with Crippen molar-refractivity contribution in [1.82, 2.24) is 5.32 Å². The second-order valence-corrected chi connectivity index (χ2v) is 4.73. The Labute approximate surface area is 112 Å². The molecular formula is C15H15ClFN. The van der Waals surface area contributed by atoms with E-state index in [1.165, 1.54) is 11.6 Å². The van der Waals surface area contributed by atoms with Crippen LogP contribution in [0, 0.1) is 12.7 Å². The van der Waals surface area contributed by atoms with Crippen LogP contribution in [0.4, 0.5) is 4.39 Å². The van der Waals surface area contributed by atoms with Crippen molar-refractivity contribution < 1.29 is 4.39 Å². The molecular weight excluding hydrogens is 249 g/mol. The number of benzene rings is 2. The molecule has 2 aromatic carbocycles. The fraction of sp³-hybridized carbons (Fsp3) is 0.200. The summed E-state index contributed by atoms with van der Waals surface area (Å²) in [6, 6.07) is 12.7. The third kappa shape index (κ3) is 2.71. The average Bonchev–Trinajstić information content (AvgIpc) is 2.35. The number of nitrogens with one attached hydrogen (secondary N) is 1. The molecule has 0 bridgehead atoms. The van der Waals surface area contributed by atoms with Gasteiger partial charge in [0.15, 0.2) is 0 Å². The van der Waals surface area contributed by atoms with Gasteiger partial charge in [0.1, 0.15) is 5.82 Å². The Kier molecular flexibility index (Phi) is 4.00. The molecule has 0 fully saturated rings. The van der Waals surface area contributed by atoms with Crippen molar-refractivity contribution in [1.29, 1.82) is 0 Å². The Morgan fingerprint density at radius 3 is 2.33 bits per heavy atom. The molecule has 0 aliphatic heterocycles. The second-order valence-electron chi connectivity index (χ2n) is 4.30. The molecule has 2 aromatic rings. The first-order chi connectivity index (χ1) is 8.61. The summed E-state index contributed by atoms with van der Waals surface area (Å²) in [5.74, 6) is -0.289. The van der Waals surface area contributed by atoms with E-state index in [0.29, 0.717) is 10.6 Å². The lowest BCUT2D eigenvalue weighted by Gasteiger charge is -2.18. The summed E-state index contributed by atoms with van der Waals surface area (Å²) in [6.07, 6.45) is 0. The molecule has 0 radical (unpaired) electrons. The fourth-order valence-electron chi connectivity index (χ4n) is 2.00. The van der Waals surface area contributed by atoms with Crippen LogP contribution in [0.15, 0.2) is 42.5 Å². The predicted molar refractivity (Wildman–Crippen MR) is 73.5 cm³/mol. The molecule has 0 aromatic heterocycles. The molecule has 0 aliphatic carbocycles. The molecule has 0 spiro atoms. The minimum absolute atomic E-state index is 0.164. The minimum Gasteiger partial charge on any atom is -0.309 e. The molecule has 0 amide bonds. The van der Waals surface area contributed by atoms with Gasteiger partial charge in [-0.1, -0.05) is 47.5 Å². The monoisotopic (exact) mass is 263 g/mol. The van der Waals surface area contributed by atoms with Gasteiger partial charge >= 0.3 is 0 Å². The van der Waals surface area contributed by atoms with Crippen LogP contribution in [0.2, 0.25) is 5.02 Å². The van der Waals surface area contributed by atoms with Crippen LogP contribution in [-0.2, 0) is 0 Å². The van der Waals surface area contributed by atoms with Crippen LogP contribution in [-0.4, -0.2) is 7.05 Å². The highest BCUT2D eigenvalue weighted by Crippen LogP contribution is 2.26. The van der Waals surface area contributed by atoms with Crippen LogP contribution < -0.4 is 5.32 Å². The highest BCUT2D eigenvalue weighted by atomic mass is 35.5. The first-order valence-corrected chi connectivity index (χ1v) is 6.18. The van der Waals surface area contributed by atoms with Gasteiger partial charge in [0.05, 0.1) is 6.04 Å². The highest BCUT2D eigenvalue weighted by Gasteiger charge is 2.16. The second kappa shape index (κ2) is 5.51. The van der Waals surface area contributed by atoms with E-state index >= 15 is 0 Å². The van der Waals surface area contributed by atoms with Crippen LogP contribution >= 0.6 is 11.6 Å². The van der Waals surface area contributed by atoms with Gasteiger partial charge in [-0.3, -0.25) is 0 Å². The molecule has 18 heavy (non-hydrogen) atoms. The van der Waals surface area contributed by atoms with Gasteiger partial charge in [-0.25, -0.2) is 4.39 Å². The van der Waals surface area contributed by atoms with Gasteiger partial charge in [0.2, 0.25) is 0 Å². The molecule has 3 heteroatoms. The maximum absolute atomic E-state index is 13.9. The zero-order valence-corrected chi connectivity index (χ0v) is 11.1. The molecule has 1 unspecified atom stereocenters. The van der Waals surface area contributed by atoms with Gasteiger partial charge in [0.25, 0.3) is 0 Å². The standard InChI is InChI=1S/C15H15ClFN/c1-10-3-5-11(6-4-10)15(18-2)13-8-7-12(16)9-14(13)17/h3-9,15,18H,1-2H3. The van der Waals surface area contributed by atoms with Crippen molar-refractivity contribution >= 4 is 11.6 Å². The lowest BCUT2D eigenvalue weighted by atomic mass is 9.97. The van der Waals surface area contributed by atoms with Gasteiger partial charge in [0, 0.05) is 10.6 Å². The Hall–Kier alpha value is -1.38.